The van der Waals surface area contributed by atoms with Crippen LogP contribution in [0.25, 0.3) is 0 Å². The fraction of sp³-hybridized carbons (Fsp3) is 1.00. The van der Waals surface area contributed by atoms with Crippen LogP contribution >= 0.6 is 0 Å². The Balaban J connectivity index is 2.03. The minimum absolute atomic E-state index is 0.307. The zero-order valence-electron chi connectivity index (χ0n) is 8.66. The molecule has 1 fully saturated rings. The summed E-state index contributed by atoms with van der Waals surface area (Å²) in [5, 5.41) is 3.21. The molecule has 1 N–H and O–H groups in total. The van der Waals surface area contributed by atoms with Crippen LogP contribution in [0.4, 0.5) is 0 Å². The third-order valence-corrected chi connectivity index (χ3v) is 4.22. The molecule has 0 aliphatic carbocycles. The van der Waals surface area contributed by atoms with Gasteiger partial charge in [-0.15, -0.1) is 0 Å². The average Bonchev–Trinajstić information content (AvgIpc) is 2.45. The first kappa shape index (κ1) is 11.9. The molecular formula is C9H19NO3S. The molecule has 0 radical (unpaired) electrons. The predicted octanol–water partition coefficient (Wildman–Crippen LogP) is 0.0472. The Morgan fingerprint density at radius 2 is 2.29 bits per heavy atom. The lowest BCUT2D eigenvalue weighted by Gasteiger charge is -2.08. The Labute approximate surface area is 85.9 Å². The minimum Gasteiger partial charge on any atom is -0.380 e. The number of hydrogen-bond donors (Lipinski definition) is 1. The van der Waals surface area contributed by atoms with E-state index in [2.05, 4.69) is 5.32 Å². The summed E-state index contributed by atoms with van der Waals surface area (Å²) in [5.74, 6) is 1.03. The molecule has 0 bridgehead atoms. The quantitative estimate of drug-likeness (QED) is 0.644. The highest BCUT2D eigenvalue weighted by Crippen LogP contribution is 2.16. The third-order valence-electron chi connectivity index (χ3n) is 2.39. The van der Waals surface area contributed by atoms with Gasteiger partial charge in [-0.1, -0.05) is 0 Å². The van der Waals surface area contributed by atoms with Crippen molar-refractivity contribution in [1.29, 1.82) is 0 Å². The molecule has 14 heavy (non-hydrogen) atoms. The van der Waals surface area contributed by atoms with Crippen molar-refractivity contribution in [2.45, 2.75) is 13.3 Å². The van der Waals surface area contributed by atoms with Crippen LogP contribution in [-0.4, -0.2) is 46.2 Å². The largest absolute Gasteiger partial charge is 0.380 e. The Morgan fingerprint density at radius 1 is 1.50 bits per heavy atom. The molecule has 0 spiro atoms. The summed E-state index contributed by atoms with van der Waals surface area (Å²) in [7, 11) is -2.71. The molecule has 1 aliphatic rings. The summed E-state index contributed by atoms with van der Waals surface area (Å²) in [6.07, 6.45) is 0.809. The maximum atomic E-state index is 11.1. The van der Waals surface area contributed by atoms with Crippen LogP contribution in [0.2, 0.25) is 0 Å². The summed E-state index contributed by atoms with van der Waals surface area (Å²) in [4.78, 5) is 0. The van der Waals surface area contributed by atoms with E-state index < -0.39 is 9.84 Å². The van der Waals surface area contributed by atoms with E-state index in [1.54, 1.807) is 0 Å². The Kier molecular flexibility index (Phi) is 4.84. The van der Waals surface area contributed by atoms with E-state index >= 15 is 0 Å². The van der Waals surface area contributed by atoms with Crippen molar-refractivity contribution in [3.05, 3.63) is 0 Å². The average molecular weight is 221 g/mol. The van der Waals surface area contributed by atoms with E-state index in [4.69, 9.17) is 4.74 Å². The smallest absolute Gasteiger partial charge is 0.150 e. The Morgan fingerprint density at radius 3 is 2.86 bits per heavy atom. The first-order valence-corrected chi connectivity index (χ1v) is 6.95. The molecule has 1 heterocycles. The minimum atomic E-state index is -2.71. The SMILES string of the molecule is CCOCCNCC1CCS(=O)(=O)C1. The number of ether oxygens (including phenoxy) is 1. The maximum Gasteiger partial charge on any atom is 0.150 e. The lowest BCUT2D eigenvalue weighted by Crippen LogP contribution is -2.26. The van der Waals surface area contributed by atoms with E-state index in [9.17, 15) is 8.42 Å². The second kappa shape index (κ2) is 5.68. The van der Waals surface area contributed by atoms with Crippen molar-refractivity contribution in [2.24, 2.45) is 5.92 Å². The fourth-order valence-corrected chi connectivity index (χ4v) is 3.49. The zero-order chi connectivity index (χ0) is 10.4. The van der Waals surface area contributed by atoms with Gasteiger partial charge in [0.05, 0.1) is 18.1 Å². The van der Waals surface area contributed by atoms with E-state index in [0.29, 0.717) is 24.0 Å². The van der Waals surface area contributed by atoms with E-state index in [1.165, 1.54) is 0 Å². The second-order valence-electron chi connectivity index (χ2n) is 3.67. The molecule has 0 aromatic rings. The summed E-state index contributed by atoms with van der Waals surface area (Å²) in [6, 6.07) is 0. The van der Waals surface area contributed by atoms with Gasteiger partial charge in [0.15, 0.2) is 9.84 Å². The van der Waals surface area contributed by atoms with Crippen molar-refractivity contribution >= 4 is 9.84 Å². The van der Waals surface area contributed by atoms with Gasteiger partial charge in [0.1, 0.15) is 0 Å². The van der Waals surface area contributed by atoms with E-state index in [1.807, 2.05) is 6.92 Å². The molecule has 0 amide bonds. The van der Waals surface area contributed by atoms with Gasteiger partial charge >= 0.3 is 0 Å². The molecule has 1 unspecified atom stereocenters. The van der Waals surface area contributed by atoms with Crippen molar-refractivity contribution in [1.82, 2.24) is 5.32 Å². The van der Waals surface area contributed by atoms with E-state index in [-0.39, 0.29) is 0 Å². The molecule has 5 heteroatoms. The maximum absolute atomic E-state index is 11.1. The highest BCUT2D eigenvalue weighted by Gasteiger charge is 2.27. The Bertz CT molecular complexity index is 251. The molecule has 0 aromatic heterocycles. The number of nitrogens with one attached hydrogen (secondary N) is 1. The van der Waals surface area contributed by atoms with Crippen LogP contribution in [0.3, 0.4) is 0 Å². The lowest BCUT2D eigenvalue weighted by molar-refractivity contribution is 0.148. The standard InChI is InChI=1S/C9H19NO3S/c1-2-13-5-4-10-7-9-3-6-14(11,12)8-9/h9-10H,2-8H2,1H3. The Hall–Kier alpha value is -0.130. The number of sulfone groups is 1. The summed E-state index contributed by atoms with van der Waals surface area (Å²) in [5.41, 5.74) is 0. The van der Waals surface area contributed by atoms with Crippen LogP contribution in [0, 0.1) is 5.92 Å². The van der Waals surface area contributed by atoms with Crippen molar-refractivity contribution < 1.29 is 13.2 Å². The van der Waals surface area contributed by atoms with Gasteiger partial charge in [0.25, 0.3) is 0 Å². The highest BCUT2D eigenvalue weighted by atomic mass is 32.2. The number of hydrogen-bond acceptors (Lipinski definition) is 4. The molecule has 84 valence electrons. The first-order valence-electron chi connectivity index (χ1n) is 5.13. The van der Waals surface area contributed by atoms with Gasteiger partial charge in [-0.3, -0.25) is 0 Å². The predicted molar refractivity (Wildman–Crippen MR) is 56.1 cm³/mol. The van der Waals surface area contributed by atoms with Crippen molar-refractivity contribution in [2.75, 3.05) is 37.8 Å². The second-order valence-corrected chi connectivity index (χ2v) is 5.90. The lowest BCUT2D eigenvalue weighted by atomic mass is 10.1. The van der Waals surface area contributed by atoms with Crippen LogP contribution in [-0.2, 0) is 14.6 Å². The molecule has 1 saturated heterocycles. The number of rotatable bonds is 6. The summed E-state index contributed by atoms with van der Waals surface area (Å²) >= 11 is 0. The summed E-state index contributed by atoms with van der Waals surface area (Å²) < 4.78 is 27.4. The summed E-state index contributed by atoms with van der Waals surface area (Å²) in [6.45, 7) is 5.01. The van der Waals surface area contributed by atoms with Gasteiger partial charge in [-0.25, -0.2) is 8.42 Å². The molecule has 4 nitrogen and oxygen atoms in total. The molecule has 0 aromatic carbocycles. The van der Waals surface area contributed by atoms with Crippen molar-refractivity contribution in [3.8, 4) is 0 Å². The van der Waals surface area contributed by atoms with Gasteiger partial charge in [0, 0.05) is 13.2 Å². The third kappa shape index (κ3) is 4.39. The topological polar surface area (TPSA) is 55.4 Å². The molecule has 1 atom stereocenters. The van der Waals surface area contributed by atoms with Gasteiger partial charge in [-0.2, -0.15) is 0 Å². The zero-order valence-corrected chi connectivity index (χ0v) is 9.48. The molecule has 1 aliphatic heterocycles. The highest BCUT2D eigenvalue weighted by molar-refractivity contribution is 7.91. The normalized spacial score (nSPS) is 25.4. The van der Waals surface area contributed by atoms with Gasteiger partial charge in [-0.05, 0) is 25.8 Å². The molecular weight excluding hydrogens is 202 g/mol. The van der Waals surface area contributed by atoms with Crippen LogP contribution < -0.4 is 5.32 Å². The molecule has 1 rings (SSSR count). The van der Waals surface area contributed by atoms with Crippen LogP contribution in [0.1, 0.15) is 13.3 Å². The fourth-order valence-electron chi connectivity index (χ4n) is 1.63. The van der Waals surface area contributed by atoms with Gasteiger partial charge < -0.3 is 10.1 Å². The van der Waals surface area contributed by atoms with E-state index in [0.717, 1.165) is 26.1 Å². The van der Waals surface area contributed by atoms with Crippen LogP contribution in [0.15, 0.2) is 0 Å². The monoisotopic (exact) mass is 221 g/mol. The van der Waals surface area contributed by atoms with Crippen LogP contribution in [0.5, 0.6) is 0 Å². The molecule has 0 saturated carbocycles. The first-order chi connectivity index (χ1) is 6.64. The van der Waals surface area contributed by atoms with Gasteiger partial charge in [0.2, 0.25) is 0 Å². The van der Waals surface area contributed by atoms with Crippen molar-refractivity contribution in [3.63, 3.8) is 0 Å².